The maximum atomic E-state index is 14.1. The van der Waals surface area contributed by atoms with E-state index in [1.807, 2.05) is 0 Å². The summed E-state index contributed by atoms with van der Waals surface area (Å²) in [4.78, 5) is 25.0. The zero-order chi connectivity index (χ0) is 30.9. The normalized spacial score (nSPS) is 25.7. The van der Waals surface area contributed by atoms with E-state index in [0.29, 0.717) is 0 Å². The first-order valence-corrected chi connectivity index (χ1v) is 15.7. The Kier molecular flexibility index (Phi) is 9.52. The van der Waals surface area contributed by atoms with Gasteiger partial charge in [-0.1, -0.05) is 18.0 Å². The molecule has 1 aliphatic heterocycles. The molecule has 3 aromatic rings. The van der Waals surface area contributed by atoms with E-state index in [4.69, 9.17) is 35.9 Å². The van der Waals surface area contributed by atoms with Crippen LogP contribution in [0.1, 0.15) is 52.2 Å². The fraction of sp³-hybridized carbons (Fsp3) is 0.538. The summed E-state index contributed by atoms with van der Waals surface area (Å²) in [5.41, 5.74) is 6.39. The van der Waals surface area contributed by atoms with Crippen molar-refractivity contribution < 1.29 is 42.5 Å². The predicted octanol–water partition coefficient (Wildman–Crippen LogP) is 3.27. The van der Waals surface area contributed by atoms with Crippen molar-refractivity contribution in [1.29, 1.82) is 0 Å². The highest BCUT2D eigenvalue weighted by Crippen LogP contribution is 2.48. The van der Waals surface area contributed by atoms with Gasteiger partial charge < -0.3 is 29.9 Å². The highest BCUT2D eigenvalue weighted by atomic mass is 35.5. The number of rotatable bonds is 10. The van der Waals surface area contributed by atoms with Crippen LogP contribution in [-0.4, -0.2) is 72.3 Å². The standard InChI is InChI=1S/C26H33ClFN6O8P/c1-13(26(37)39-15-6-4-3-5-7-15)33-43(38,42-16-8-9-18(28)17(27)10-16)41-14(2)22-20(35)21(36)25(40-22)34-12-32-19-23(29)30-11-31-24(19)34/h8-15,20-22,25,35-36H,3-7H2,1-2H3,(H,33,38)(H2,29,30,31)/t13?,14?,20-,21+,22+,25+,43?/m0/s1. The minimum atomic E-state index is -4.48. The summed E-state index contributed by atoms with van der Waals surface area (Å²) in [5.74, 6) is -1.39. The summed E-state index contributed by atoms with van der Waals surface area (Å²) < 4.78 is 52.3. The number of nitrogens with zero attached hydrogens (tertiary/aromatic N) is 4. The molecule has 0 amide bonds. The Balaban J connectivity index is 1.35. The van der Waals surface area contributed by atoms with Gasteiger partial charge in [0, 0.05) is 6.07 Å². The smallest absolute Gasteiger partial charge is 0.459 e. The molecule has 5 N–H and O–H groups in total. The molecule has 14 nitrogen and oxygen atoms in total. The van der Waals surface area contributed by atoms with Gasteiger partial charge >= 0.3 is 13.7 Å². The third-order valence-electron chi connectivity index (χ3n) is 7.36. The molecule has 2 aromatic heterocycles. The van der Waals surface area contributed by atoms with Gasteiger partial charge in [0.25, 0.3) is 0 Å². The third-order valence-corrected chi connectivity index (χ3v) is 9.42. The monoisotopic (exact) mass is 642 g/mol. The average Bonchev–Trinajstić information content (AvgIpc) is 3.52. The van der Waals surface area contributed by atoms with Crippen LogP contribution in [0.2, 0.25) is 5.02 Å². The maximum absolute atomic E-state index is 14.1. The molecule has 234 valence electrons. The number of aliphatic hydroxyl groups excluding tert-OH is 2. The molecule has 3 heterocycles. The summed E-state index contributed by atoms with van der Waals surface area (Å²) in [6, 6.07) is 2.16. The Bertz CT molecular complexity index is 1510. The molecule has 1 saturated heterocycles. The number of aromatic nitrogens is 4. The van der Waals surface area contributed by atoms with Gasteiger partial charge in [-0.3, -0.25) is 13.9 Å². The summed E-state index contributed by atoms with van der Waals surface area (Å²) in [6.07, 6.45) is 0.141. The lowest BCUT2D eigenvalue weighted by atomic mass is 9.98. The molecule has 3 unspecified atom stereocenters. The van der Waals surface area contributed by atoms with Crippen molar-refractivity contribution in [2.75, 3.05) is 5.73 Å². The van der Waals surface area contributed by atoms with Crippen LogP contribution in [0.3, 0.4) is 0 Å². The first-order valence-electron chi connectivity index (χ1n) is 13.8. The first kappa shape index (κ1) is 31.5. The number of nitrogens with two attached hydrogens (primary N) is 1. The number of anilines is 1. The van der Waals surface area contributed by atoms with E-state index in [1.165, 1.54) is 37.1 Å². The van der Waals surface area contributed by atoms with E-state index in [-0.39, 0.29) is 33.9 Å². The molecule has 2 fully saturated rings. The SMILES string of the molecule is CC(NP(=O)(Oc1ccc(F)c(Cl)c1)OC(C)[C@H]1O[C@@H](n2cnc3c(N)ncnc32)[C@H](O)[C@@H]1O)C(=O)OC1CCCCC1. The van der Waals surface area contributed by atoms with Crippen molar-refractivity contribution >= 4 is 42.3 Å². The van der Waals surface area contributed by atoms with Gasteiger partial charge in [-0.2, -0.15) is 5.09 Å². The summed E-state index contributed by atoms with van der Waals surface area (Å²) in [7, 11) is -4.48. The van der Waals surface area contributed by atoms with Crippen LogP contribution in [0.25, 0.3) is 11.2 Å². The number of hydrogen-bond donors (Lipinski definition) is 4. The number of carbonyl (C=O) groups excluding carboxylic acids is 1. The number of esters is 1. The Labute approximate surface area is 251 Å². The Morgan fingerprint density at radius 1 is 1.21 bits per heavy atom. The van der Waals surface area contributed by atoms with Crippen molar-refractivity contribution in [2.45, 2.75) is 88.7 Å². The van der Waals surface area contributed by atoms with Crippen LogP contribution >= 0.6 is 19.3 Å². The van der Waals surface area contributed by atoms with Crippen LogP contribution in [0.15, 0.2) is 30.9 Å². The van der Waals surface area contributed by atoms with Gasteiger partial charge in [-0.25, -0.2) is 23.9 Å². The molecule has 17 heteroatoms. The third kappa shape index (κ3) is 6.93. The fourth-order valence-electron chi connectivity index (χ4n) is 5.13. The number of fused-ring (bicyclic) bond motifs is 1. The fourth-order valence-corrected chi connectivity index (χ4v) is 6.98. The van der Waals surface area contributed by atoms with Crippen molar-refractivity contribution in [3.63, 3.8) is 0 Å². The van der Waals surface area contributed by atoms with Crippen LogP contribution < -0.4 is 15.3 Å². The molecule has 0 spiro atoms. The quantitative estimate of drug-likeness (QED) is 0.186. The van der Waals surface area contributed by atoms with Gasteiger partial charge in [0.05, 0.1) is 17.5 Å². The van der Waals surface area contributed by atoms with Crippen LogP contribution in [-0.2, 0) is 23.4 Å². The van der Waals surface area contributed by atoms with Gasteiger partial charge in [-0.15, -0.1) is 0 Å². The number of aliphatic hydroxyl groups is 2. The molecule has 43 heavy (non-hydrogen) atoms. The highest BCUT2D eigenvalue weighted by molar-refractivity contribution is 7.52. The summed E-state index contributed by atoms with van der Waals surface area (Å²) >= 11 is 5.88. The molecule has 0 bridgehead atoms. The molecule has 1 saturated carbocycles. The molecule has 7 atom stereocenters. The van der Waals surface area contributed by atoms with Gasteiger partial charge in [-0.05, 0) is 51.7 Å². The highest BCUT2D eigenvalue weighted by Gasteiger charge is 2.49. The molecule has 1 aliphatic carbocycles. The number of halogens is 2. The number of benzene rings is 1. The van der Waals surface area contributed by atoms with E-state index in [1.54, 1.807) is 0 Å². The second-order valence-corrected chi connectivity index (χ2v) is 12.6. The lowest BCUT2D eigenvalue weighted by molar-refractivity contribution is -0.152. The number of imidazole rings is 1. The van der Waals surface area contributed by atoms with Crippen molar-refractivity contribution in [3.05, 3.63) is 41.7 Å². The summed E-state index contributed by atoms with van der Waals surface area (Å²) in [6.45, 7) is 2.88. The number of nitrogens with one attached hydrogen (secondary N) is 1. The van der Waals surface area contributed by atoms with E-state index in [0.717, 1.165) is 44.2 Å². The lowest BCUT2D eigenvalue weighted by Gasteiger charge is -2.29. The second-order valence-electron chi connectivity index (χ2n) is 10.6. The van der Waals surface area contributed by atoms with Crippen LogP contribution in [0, 0.1) is 5.82 Å². The minimum absolute atomic E-state index is 0.116. The summed E-state index contributed by atoms with van der Waals surface area (Å²) in [5, 5.41) is 24.0. The Morgan fingerprint density at radius 3 is 2.67 bits per heavy atom. The molecule has 1 aromatic carbocycles. The Morgan fingerprint density at radius 2 is 1.95 bits per heavy atom. The van der Waals surface area contributed by atoms with E-state index >= 15 is 0 Å². The Hall–Kier alpha value is -2.91. The van der Waals surface area contributed by atoms with Gasteiger partial charge in [0.15, 0.2) is 17.7 Å². The number of nitrogen functional groups attached to an aromatic ring is 1. The van der Waals surface area contributed by atoms with E-state index in [2.05, 4.69) is 20.0 Å². The van der Waals surface area contributed by atoms with Crippen LogP contribution in [0.5, 0.6) is 5.75 Å². The van der Waals surface area contributed by atoms with Crippen molar-refractivity contribution in [3.8, 4) is 5.75 Å². The molecular formula is C26H33ClFN6O8P. The molecule has 2 aliphatic rings. The molecular weight excluding hydrogens is 610 g/mol. The minimum Gasteiger partial charge on any atom is -0.461 e. The largest absolute Gasteiger partial charge is 0.461 e. The first-order chi connectivity index (χ1) is 20.5. The number of hydrogen-bond acceptors (Lipinski definition) is 12. The van der Waals surface area contributed by atoms with E-state index < -0.39 is 56.2 Å². The number of carbonyl (C=O) groups is 1. The van der Waals surface area contributed by atoms with E-state index in [9.17, 15) is 24.0 Å². The lowest BCUT2D eigenvalue weighted by Crippen LogP contribution is -2.41. The van der Waals surface area contributed by atoms with Crippen molar-refractivity contribution in [2.24, 2.45) is 0 Å². The zero-order valence-corrected chi connectivity index (χ0v) is 25.0. The predicted molar refractivity (Wildman–Crippen MR) is 151 cm³/mol. The zero-order valence-electron chi connectivity index (χ0n) is 23.4. The van der Waals surface area contributed by atoms with Crippen LogP contribution in [0.4, 0.5) is 10.2 Å². The maximum Gasteiger partial charge on any atom is 0.459 e. The van der Waals surface area contributed by atoms with Crippen molar-refractivity contribution in [1.82, 2.24) is 24.6 Å². The second kappa shape index (κ2) is 13.0. The topological polar surface area (TPSA) is 193 Å². The molecule has 0 radical (unpaired) electrons. The molecule has 5 rings (SSSR count). The number of ether oxygens (including phenoxy) is 2. The average molecular weight is 643 g/mol. The van der Waals surface area contributed by atoms with Gasteiger partial charge in [0.1, 0.15) is 53.9 Å². The van der Waals surface area contributed by atoms with Gasteiger partial charge in [0.2, 0.25) is 0 Å².